The van der Waals surface area contributed by atoms with E-state index in [1.165, 1.54) is 10.4 Å². The number of piperazine rings is 1. The Balaban J connectivity index is 0.00000150. The fourth-order valence-corrected chi connectivity index (χ4v) is 4.81. The van der Waals surface area contributed by atoms with Crippen molar-refractivity contribution in [2.75, 3.05) is 45.7 Å². The number of hydrogen-bond acceptors (Lipinski definition) is 6. The van der Waals surface area contributed by atoms with Gasteiger partial charge in [0.05, 0.1) is 16.9 Å². The molecular weight excluding hydrogens is 451 g/mol. The van der Waals surface area contributed by atoms with Gasteiger partial charge < -0.3 is 15.0 Å². The van der Waals surface area contributed by atoms with E-state index in [0.717, 1.165) is 54.9 Å². The molecule has 0 bridgehead atoms. The van der Waals surface area contributed by atoms with Crippen LogP contribution in [0.1, 0.15) is 16.9 Å². The lowest BCUT2D eigenvalue weighted by molar-refractivity contribution is 0.100. The number of thiophene rings is 1. The molecule has 1 saturated heterocycles. The number of rotatable bonds is 3. The van der Waals surface area contributed by atoms with E-state index >= 15 is 0 Å². The van der Waals surface area contributed by atoms with E-state index in [4.69, 9.17) is 21.3 Å². The number of hydrogen-bond donors (Lipinski definition) is 1. The fraction of sp³-hybridized carbons (Fsp3) is 0.450. The molecule has 0 aliphatic carbocycles. The quantitative estimate of drug-likeness (QED) is 0.647. The third kappa shape index (κ3) is 5.19. The predicted octanol–water partition coefficient (Wildman–Crippen LogP) is 5.34. The van der Waals surface area contributed by atoms with Crippen molar-refractivity contribution < 1.29 is 4.74 Å². The summed E-state index contributed by atoms with van der Waals surface area (Å²) in [4.78, 5) is 11.2. The molecule has 2 aliphatic rings. The highest BCUT2D eigenvalue weighted by Gasteiger charge is 2.29. The summed E-state index contributed by atoms with van der Waals surface area (Å²) in [6.45, 7) is 5.86. The van der Waals surface area contributed by atoms with Gasteiger partial charge in [0.15, 0.2) is 0 Å². The zero-order chi connectivity index (χ0) is 19.0. The summed E-state index contributed by atoms with van der Waals surface area (Å²) < 4.78 is 5.31. The van der Waals surface area contributed by atoms with Crippen LogP contribution in [0.3, 0.4) is 0 Å². The maximum Gasteiger partial charge on any atom is 0.139 e. The molecule has 1 aromatic heterocycles. The third-order valence-electron chi connectivity index (χ3n) is 5.26. The molecule has 0 amide bonds. The van der Waals surface area contributed by atoms with Gasteiger partial charge in [-0.2, -0.15) is 0 Å². The smallest absolute Gasteiger partial charge is 0.139 e. The number of halogens is 3. The monoisotopic (exact) mass is 476 g/mol. The van der Waals surface area contributed by atoms with Gasteiger partial charge >= 0.3 is 0 Å². The van der Waals surface area contributed by atoms with Gasteiger partial charge in [0.2, 0.25) is 0 Å². The third-order valence-corrected chi connectivity index (χ3v) is 6.46. The van der Waals surface area contributed by atoms with Gasteiger partial charge in [0, 0.05) is 49.3 Å². The maximum absolute atomic E-state index is 6.22. The molecule has 0 radical (unpaired) electrons. The highest BCUT2D eigenvalue weighted by molar-refractivity contribution is 7.16. The molecule has 4 rings (SSSR count). The normalized spacial score (nSPS) is 18.4. The van der Waals surface area contributed by atoms with Crippen LogP contribution >= 0.6 is 47.8 Å². The molecule has 3 heterocycles. The standard InChI is InChI=1S/C20H25ClN4OS.2ClH/c1-13-10-16-19(25-8-7-24(2)15(12-25)6-9-26-3)22-17-5-4-14(21)11-18(17)23-20(16)27-13;;/h4-5,10-11,15,23H,6-9,12H2,1-3H3;2*1H/t15-;;/m0../s1. The predicted molar refractivity (Wildman–Crippen MR) is 129 cm³/mol. The van der Waals surface area contributed by atoms with Crippen molar-refractivity contribution in [3.8, 4) is 0 Å². The number of fused-ring (bicyclic) bond motifs is 2. The second-order valence-corrected chi connectivity index (χ2v) is 8.88. The molecule has 5 nitrogen and oxygen atoms in total. The number of anilines is 2. The summed E-state index contributed by atoms with van der Waals surface area (Å²) in [5, 5.41) is 5.41. The summed E-state index contributed by atoms with van der Waals surface area (Å²) in [7, 11) is 3.97. The van der Waals surface area contributed by atoms with Crippen LogP contribution in [0.15, 0.2) is 29.3 Å². The summed E-state index contributed by atoms with van der Waals surface area (Å²) >= 11 is 7.98. The van der Waals surface area contributed by atoms with E-state index in [2.05, 4.69) is 35.2 Å². The Morgan fingerprint density at radius 1 is 1.28 bits per heavy atom. The lowest BCUT2D eigenvalue weighted by Crippen LogP contribution is -2.53. The minimum absolute atomic E-state index is 0. The molecule has 1 atom stereocenters. The molecule has 0 spiro atoms. The van der Waals surface area contributed by atoms with Crippen molar-refractivity contribution in [3.05, 3.63) is 39.7 Å². The van der Waals surface area contributed by atoms with Crippen LogP contribution in [0.2, 0.25) is 5.02 Å². The zero-order valence-corrected chi connectivity index (χ0v) is 20.0. The average molecular weight is 478 g/mol. The first-order valence-electron chi connectivity index (χ1n) is 9.25. The lowest BCUT2D eigenvalue weighted by Gasteiger charge is -2.40. The van der Waals surface area contributed by atoms with Crippen molar-refractivity contribution in [2.45, 2.75) is 19.4 Å². The van der Waals surface area contributed by atoms with Crippen molar-refractivity contribution in [1.82, 2.24) is 9.80 Å². The van der Waals surface area contributed by atoms with E-state index in [9.17, 15) is 0 Å². The van der Waals surface area contributed by atoms with Gasteiger partial charge in [-0.15, -0.1) is 36.2 Å². The molecule has 9 heteroatoms. The Morgan fingerprint density at radius 2 is 2.07 bits per heavy atom. The number of nitrogens with zero attached hydrogens (tertiary/aromatic N) is 3. The molecular formula is C20H27Cl3N4OS. The molecule has 1 aromatic carbocycles. The van der Waals surface area contributed by atoms with Crippen molar-refractivity contribution in [1.29, 1.82) is 0 Å². The van der Waals surface area contributed by atoms with E-state index in [1.807, 2.05) is 18.2 Å². The van der Waals surface area contributed by atoms with Crippen LogP contribution < -0.4 is 5.32 Å². The summed E-state index contributed by atoms with van der Waals surface area (Å²) in [6, 6.07) is 8.55. The molecule has 1 N–H and O–H groups in total. The second-order valence-electron chi connectivity index (χ2n) is 7.18. The molecule has 2 aliphatic heterocycles. The van der Waals surface area contributed by atoms with Gasteiger partial charge in [0.1, 0.15) is 10.8 Å². The Bertz CT molecular complexity index is 873. The lowest BCUT2D eigenvalue weighted by atomic mass is 10.1. The maximum atomic E-state index is 6.22. The summed E-state index contributed by atoms with van der Waals surface area (Å²) in [6.07, 6.45) is 1.02. The van der Waals surface area contributed by atoms with Crippen LogP contribution in [-0.2, 0) is 4.74 Å². The van der Waals surface area contributed by atoms with Gasteiger partial charge in [-0.25, -0.2) is 4.99 Å². The number of methoxy groups -OCH3 is 1. The number of aliphatic imine (C=N–C) groups is 1. The van der Waals surface area contributed by atoms with Gasteiger partial charge in [-0.05, 0) is 44.7 Å². The number of amidine groups is 1. The first-order valence-corrected chi connectivity index (χ1v) is 10.4. The average Bonchev–Trinajstić information content (AvgIpc) is 2.93. The minimum atomic E-state index is 0. The molecule has 0 unspecified atom stereocenters. The molecule has 0 saturated carbocycles. The van der Waals surface area contributed by atoms with Crippen LogP contribution in [0, 0.1) is 6.92 Å². The topological polar surface area (TPSA) is 40.1 Å². The zero-order valence-electron chi connectivity index (χ0n) is 16.8. The van der Waals surface area contributed by atoms with Gasteiger partial charge in [0.25, 0.3) is 0 Å². The molecule has 1 fully saturated rings. The van der Waals surface area contributed by atoms with Crippen molar-refractivity contribution in [3.63, 3.8) is 0 Å². The minimum Gasteiger partial charge on any atom is -0.385 e. The van der Waals surface area contributed by atoms with Crippen LogP contribution in [0.25, 0.3) is 0 Å². The number of benzene rings is 1. The second kappa shape index (κ2) is 10.3. The number of ether oxygens (including phenoxy) is 1. The van der Waals surface area contributed by atoms with Crippen LogP contribution in [-0.4, -0.2) is 62.1 Å². The number of nitrogens with one attached hydrogen (secondary N) is 1. The summed E-state index contributed by atoms with van der Waals surface area (Å²) in [5.74, 6) is 1.05. The van der Waals surface area contributed by atoms with E-state index in [0.29, 0.717) is 11.1 Å². The summed E-state index contributed by atoms with van der Waals surface area (Å²) in [5.41, 5.74) is 3.08. The van der Waals surface area contributed by atoms with Crippen molar-refractivity contribution >= 4 is 70.0 Å². The number of aryl methyl sites for hydroxylation is 1. The van der Waals surface area contributed by atoms with E-state index in [1.54, 1.807) is 18.4 Å². The number of likely N-dealkylation sites (N-methyl/N-ethyl adjacent to an activating group) is 1. The van der Waals surface area contributed by atoms with Crippen LogP contribution in [0.5, 0.6) is 0 Å². The first kappa shape index (κ1) is 24.3. The van der Waals surface area contributed by atoms with Crippen LogP contribution in [0.4, 0.5) is 16.4 Å². The van der Waals surface area contributed by atoms with Gasteiger partial charge in [-0.1, -0.05) is 11.6 Å². The van der Waals surface area contributed by atoms with Crippen molar-refractivity contribution in [2.24, 2.45) is 4.99 Å². The largest absolute Gasteiger partial charge is 0.385 e. The SMILES string of the molecule is COCC[C@H]1CN(C2=Nc3ccc(Cl)cc3Nc3sc(C)cc32)CCN1C.Cl.Cl. The van der Waals surface area contributed by atoms with E-state index in [-0.39, 0.29) is 24.8 Å². The molecule has 29 heavy (non-hydrogen) atoms. The highest BCUT2D eigenvalue weighted by atomic mass is 35.5. The fourth-order valence-electron chi connectivity index (χ4n) is 3.72. The molecule has 2 aromatic rings. The highest BCUT2D eigenvalue weighted by Crippen LogP contribution is 2.40. The Labute approximate surface area is 193 Å². The Hall–Kier alpha value is -1.02. The molecule has 160 valence electrons. The Morgan fingerprint density at radius 3 is 2.83 bits per heavy atom. The Kier molecular flexibility index (Phi) is 8.64. The first-order chi connectivity index (χ1) is 13.0. The van der Waals surface area contributed by atoms with E-state index < -0.39 is 0 Å². The van der Waals surface area contributed by atoms with Gasteiger partial charge in [-0.3, -0.25) is 4.90 Å².